The van der Waals surface area contributed by atoms with Gasteiger partial charge in [-0.15, -0.1) is 0 Å². The van der Waals surface area contributed by atoms with Gasteiger partial charge in [0.05, 0.1) is 6.04 Å². The summed E-state index contributed by atoms with van der Waals surface area (Å²) in [5, 5.41) is 5.90. The molecule has 5 nitrogen and oxygen atoms in total. The van der Waals surface area contributed by atoms with Gasteiger partial charge in [0.2, 0.25) is 5.91 Å². The van der Waals surface area contributed by atoms with Crippen molar-refractivity contribution in [1.29, 1.82) is 0 Å². The fourth-order valence-electron chi connectivity index (χ4n) is 2.60. The van der Waals surface area contributed by atoms with Crippen molar-refractivity contribution in [2.45, 2.75) is 45.7 Å². The number of rotatable bonds is 5. The van der Waals surface area contributed by atoms with Crippen molar-refractivity contribution in [3.8, 4) is 0 Å². The maximum absolute atomic E-state index is 12.2. The second kappa shape index (κ2) is 7.29. The quantitative estimate of drug-likeness (QED) is 0.872. The molecule has 5 heteroatoms. The molecule has 1 fully saturated rings. The Morgan fingerprint density at radius 2 is 1.91 bits per heavy atom. The third kappa shape index (κ3) is 4.48. The van der Waals surface area contributed by atoms with E-state index in [2.05, 4.69) is 48.7 Å². The summed E-state index contributed by atoms with van der Waals surface area (Å²) < 4.78 is 0. The minimum atomic E-state index is -0.0455. The third-order valence-corrected chi connectivity index (χ3v) is 4.00. The predicted octanol–water partition coefficient (Wildman–Crippen LogP) is 1.85. The topological polar surface area (TPSA) is 61.4 Å². The molecule has 1 aliphatic heterocycles. The number of hydrogen-bond donors (Lipinski definition) is 2. The first kappa shape index (κ1) is 16.3. The molecule has 0 unspecified atom stereocenters. The van der Waals surface area contributed by atoms with Crippen molar-refractivity contribution < 1.29 is 9.59 Å². The molecule has 1 aromatic carbocycles. The third-order valence-electron chi connectivity index (χ3n) is 4.00. The molecule has 1 atom stereocenters. The first-order valence-electron chi connectivity index (χ1n) is 7.86. The Bertz CT molecular complexity index is 521. The minimum Gasteiger partial charge on any atom is -0.350 e. The van der Waals surface area contributed by atoms with Crippen LogP contribution in [0, 0.1) is 6.92 Å². The van der Waals surface area contributed by atoms with Gasteiger partial charge in [-0.2, -0.15) is 0 Å². The number of hydrogen-bond acceptors (Lipinski definition) is 2. The van der Waals surface area contributed by atoms with Crippen molar-refractivity contribution in [2.24, 2.45) is 0 Å². The summed E-state index contributed by atoms with van der Waals surface area (Å²) in [6.07, 6.45) is 1.73. The van der Waals surface area contributed by atoms with Crippen molar-refractivity contribution in [3.63, 3.8) is 0 Å². The molecular weight excluding hydrogens is 278 g/mol. The molecule has 1 aromatic rings. The highest BCUT2D eigenvalue weighted by molar-refractivity contribution is 5.77. The van der Waals surface area contributed by atoms with Gasteiger partial charge >= 0.3 is 6.03 Å². The van der Waals surface area contributed by atoms with E-state index in [0.717, 1.165) is 12.8 Å². The van der Waals surface area contributed by atoms with E-state index in [9.17, 15) is 9.59 Å². The van der Waals surface area contributed by atoms with Gasteiger partial charge in [0, 0.05) is 26.1 Å². The zero-order chi connectivity index (χ0) is 16.1. The van der Waals surface area contributed by atoms with E-state index in [4.69, 9.17) is 0 Å². The zero-order valence-corrected chi connectivity index (χ0v) is 13.6. The van der Waals surface area contributed by atoms with Gasteiger partial charge in [-0.1, -0.05) is 36.8 Å². The number of nitrogens with one attached hydrogen (secondary N) is 2. The van der Waals surface area contributed by atoms with Gasteiger partial charge in [0.15, 0.2) is 0 Å². The number of amides is 3. The lowest BCUT2D eigenvalue weighted by atomic mass is 10.0. The monoisotopic (exact) mass is 303 g/mol. The molecule has 3 amide bonds. The summed E-state index contributed by atoms with van der Waals surface area (Å²) in [5.74, 6) is -0.0455. The molecule has 0 aliphatic carbocycles. The van der Waals surface area contributed by atoms with Crippen molar-refractivity contribution in [2.75, 3.05) is 13.1 Å². The van der Waals surface area contributed by atoms with Crippen LogP contribution >= 0.6 is 0 Å². The van der Waals surface area contributed by atoms with E-state index in [0.29, 0.717) is 13.1 Å². The fourth-order valence-corrected chi connectivity index (χ4v) is 2.60. The van der Waals surface area contributed by atoms with Gasteiger partial charge < -0.3 is 15.5 Å². The summed E-state index contributed by atoms with van der Waals surface area (Å²) in [7, 11) is 0. The molecule has 2 rings (SSSR count). The molecule has 1 saturated heterocycles. The first-order chi connectivity index (χ1) is 10.5. The standard InChI is InChI=1S/C17H25N3O2/c1-4-15(9-14-7-5-12(2)6-8-14)19-17(22)20-10-16(11-20)18-13(3)21/h5-8,15-16H,4,9-11H2,1-3H3,(H,18,21)(H,19,22)/t15-/m0/s1. The van der Waals surface area contributed by atoms with Crippen LogP contribution in [-0.2, 0) is 11.2 Å². The molecule has 1 heterocycles. The first-order valence-corrected chi connectivity index (χ1v) is 7.86. The Hall–Kier alpha value is -2.04. The lowest BCUT2D eigenvalue weighted by Gasteiger charge is -2.40. The summed E-state index contributed by atoms with van der Waals surface area (Å²) in [4.78, 5) is 24.9. The fraction of sp³-hybridized carbons (Fsp3) is 0.529. The smallest absolute Gasteiger partial charge is 0.317 e. The van der Waals surface area contributed by atoms with Crippen LogP contribution in [0.15, 0.2) is 24.3 Å². The van der Waals surface area contributed by atoms with Crippen LogP contribution in [0.2, 0.25) is 0 Å². The number of likely N-dealkylation sites (tertiary alicyclic amines) is 1. The van der Waals surface area contributed by atoms with Crippen molar-refractivity contribution in [3.05, 3.63) is 35.4 Å². The molecule has 120 valence electrons. The Labute approximate surface area is 132 Å². The zero-order valence-electron chi connectivity index (χ0n) is 13.6. The van der Waals surface area contributed by atoms with Crippen molar-refractivity contribution >= 4 is 11.9 Å². The molecule has 22 heavy (non-hydrogen) atoms. The van der Waals surface area contributed by atoms with Gasteiger partial charge in [-0.25, -0.2) is 4.79 Å². The highest BCUT2D eigenvalue weighted by Gasteiger charge is 2.31. The van der Waals surface area contributed by atoms with Crippen molar-refractivity contribution in [1.82, 2.24) is 15.5 Å². The predicted molar refractivity (Wildman–Crippen MR) is 86.7 cm³/mol. The van der Waals surface area contributed by atoms with E-state index in [-0.39, 0.29) is 24.0 Å². The number of nitrogens with zero attached hydrogens (tertiary/aromatic N) is 1. The summed E-state index contributed by atoms with van der Waals surface area (Å²) >= 11 is 0. The van der Waals surface area contributed by atoms with Crippen LogP contribution in [0.4, 0.5) is 4.79 Å². The Balaban J connectivity index is 1.79. The summed E-state index contributed by atoms with van der Waals surface area (Å²) in [5.41, 5.74) is 2.47. The van der Waals surface area contributed by atoms with E-state index >= 15 is 0 Å². The average molecular weight is 303 g/mol. The van der Waals surface area contributed by atoms with E-state index in [1.54, 1.807) is 4.90 Å². The number of carbonyl (C=O) groups excluding carboxylic acids is 2. The second-order valence-corrected chi connectivity index (χ2v) is 6.05. The van der Waals surface area contributed by atoms with Crippen LogP contribution in [0.3, 0.4) is 0 Å². The summed E-state index contributed by atoms with van der Waals surface area (Å²) in [6, 6.07) is 8.60. The van der Waals surface area contributed by atoms with Crippen LogP contribution in [0.5, 0.6) is 0 Å². The Morgan fingerprint density at radius 1 is 1.27 bits per heavy atom. The van der Waals surface area contributed by atoms with E-state index in [1.165, 1.54) is 18.1 Å². The van der Waals surface area contributed by atoms with Gasteiger partial charge in [0.25, 0.3) is 0 Å². The van der Waals surface area contributed by atoms with E-state index in [1.807, 2.05) is 0 Å². The maximum Gasteiger partial charge on any atom is 0.317 e. The Morgan fingerprint density at radius 3 is 2.45 bits per heavy atom. The molecule has 0 radical (unpaired) electrons. The molecule has 2 N–H and O–H groups in total. The Kier molecular flexibility index (Phi) is 5.41. The van der Waals surface area contributed by atoms with Crippen LogP contribution in [0.1, 0.15) is 31.4 Å². The van der Waals surface area contributed by atoms with Crippen LogP contribution in [-0.4, -0.2) is 42.0 Å². The average Bonchev–Trinajstić information content (AvgIpc) is 2.43. The van der Waals surface area contributed by atoms with Gasteiger partial charge in [0.1, 0.15) is 0 Å². The number of benzene rings is 1. The highest BCUT2D eigenvalue weighted by atomic mass is 16.2. The molecule has 0 saturated carbocycles. The molecule has 1 aliphatic rings. The molecule has 0 aromatic heterocycles. The normalized spacial score (nSPS) is 15.9. The molecular formula is C17H25N3O2. The van der Waals surface area contributed by atoms with Crippen LogP contribution in [0.25, 0.3) is 0 Å². The number of carbonyl (C=O) groups is 2. The lowest BCUT2D eigenvalue weighted by molar-refractivity contribution is -0.120. The highest BCUT2D eigenvalue weighted by Crippen LogP contribution is 2.11. The maximum atomic E-state index is 12.2. The number of urea groups is 1. The lowest BCUT2D eigenvalue weighted by Crippen LogP contribution is -2.63. The second-order valence-electron chi connectivity index (χ2n) is 6.05. The van der Waals surface area contributed by atoms with Gasteiger partial charge in [-0.3, -0.25) is 4.79 Å². The van der Waals surface area contributed by atoms with E-state index < -0.39 is 0 Å². The number of aryl methyl sites for hydroxylation is 1. The molecule has 0 spiro atoms. The minimum absolute atomic E-state index is 0.0411. The molecule has 0 bridgehead atoms. The SMILES string of the molecule is CC[C@@H](Cc1ccc(C)cc1)NC(=O)N1CC(NC(C)=O)C1. The van der Waals surface area contributed by atoms with Gasteiger partial charge in [-0.05, 0) is 25.3 Å². The summed E-state index contributed by atoms with van der Waals surface area (Å²) in [6.45, 7) is 6.82. The van der Waals surface area contributed by atoms with Crippen LogP contribution < -0.4 is 10.6 Å². The largest absolute Gasteiger partial charge is 0.350 e.